The lowest BCUT2D eigenvalue weighted by molar-refractivity contribution is -0.167. The summed E-state index contributed by atoms with van der Waals surface area (Å²) in [5, 5.41) is 0. The van der Waals surface area contributed by atoms with E-state index >= 15 is 0 Å². The van der Waals surface area contributed by atoms with Crippen molar-refractivity contribution in [3.8, 4) is 0 Å². The fraction of sp³-hybridized carbons (Fsp3) is 0.786. The third-order valence-electron chi connectivity index (χ3n) is 14.4. The van der Waals surface area contributed by atoms with Crippen molar-refractivity contribution < 1.29 is 28.6 Å². The Bertz CT molecular complexity index is 1400. The van der Waals surface area contributed by atoms with Gasteiger partial charge in [-0.05, 0) is 89.9 Å². The number of hydrogen-bond donors (Lipinski definition) is 0. The highest BCUT2D eigenvalue weighted by molar-refractivity contribution is 5.71. The van der Waals surface area contributed by atoms with E-state index in [-0.39, 0.29) is 31.1 Å². The lowest BCUT2D eigenvalue weighted by Crippen LogP contribution is -2.30. The first-order valence-electron chi connectivity index (χ1n) is 32.9. The molecule has 1 atom stereocenters. The normalized spacial score (nSPS) is 12.5. The molecule has 0 heterocycles. The summed E-state index contributed by atoms with van der Waals surface area (Å²) in [7, 11) is 0. The van der Waals surface area contributed by atoms with Gasteiger partial charge in [0.05, 0.1) is 0 Å². The van der Waals surface area contributed by atoms with Gasteiger partial charge in [0.25, 0.3) is 0 Å². The highest BCUT2D eigenvalue weighted by Crippen LogP contribution is 2.17. The molecular formula is C70H124O6. The Hall–Kier alpha value is -3.15. The van der Waals surface area contributed by atoms with E-state index in [0.29, 0.717) is 19.3 Å². The van der Waals surface area contributed by atoms with Crippen LogP contribution in [-0.2, 0) is 28.6 Å². The Morgan fingerprint density at radius 2 is 0.513 bits per heavy atom. The van der Waals surface area contributed by atoms with Gasteiger partial charge in [-0.2, -0.15) is 0 Å². The minimum absolute atomic E-state index is 0.0814. The fourth-order valence-electron chi connectivity index (χ4n) is 9.53. The monoisotopic (exact) mass is 1060 g/mol. The summed E-state index contributed by atoms with van der Waals surface area (Å²) in [5.41, 5.74) is 0. The molecule has 0 bridgehead atoms. The van der Waals surface area contributed by atoms with Gasteiger partial charge in [0.15, 0.2) is 6.10 Å². The van der Waals surface area contributed by atoms with Crippen LogP contribution >= 0.6 is 0 Å². The number of unbranched alkanes of at least 4 members (excludes halogenated alkanes) is 37. The second-order valence-electron chi connectivity index (χ2n) is 22.0. The van der Waals surface area contributed by atoms with Gasteiger partial charge < -0.3 is 14.2 Å². The van der Waals surface area contributed by atoms with Gasteiger partial charge in [-0.15, -0.1) is 0 Å². The predicted molar refractivity (Wildman–Crippen MR) is 330 cm³/mol. The van der Waals surface area contributed by atoms with E-state index in [1.807, 2.05) is 0 Å². The maximum Gasteiger partial charge on any atom is 0.306 e. The van der Waals surface area contributed by atoms with Crippen molar-refractivity contribution in [2.24, 2.45) is 0 Å². The molecule has 0 saturated heterocycles. The minimum Gasteiger partial charge on any atom is -0.462 e. The third-order valence-corrected chi connectivity index (χ3v) is 14.4. The van der Waals surface area contributed by atoms with E-state index in [0.717, 1.165) is 103 Å². The highest BCUT2D eigenvalue weighted by Gasteiger charge is 2.19. The fourth-order valence-corrected chi connectivity index (χ4v) is 9.53. The van der Waals surface area contributed by atoms with Crippen LogP contribution in [0.3, 0.4) is 0 Å². The SMILES string of the molecule is CC/C=C\C/C=C\C/C=C\C/C=C\CCCCCCC(=O)OCC(COC(=O)CCCCCCCCCCCCC/C=C\C/C=C\CCCCCCC)OC(=O)CCCCCCCCCCCCCCCCCCCC. The van der Waals surface area contributed by atoms with Crippen molar-refractivity contribution in [1.82, 2.24) is 0 Å². The van der Waals surface area contributed by atoms with Crippen LogP contribution in [0.15, 0.2) is 72.9 Å². The maximum absolute atomic E-state index is 12.9. The van der Waals surface area contributed by atoms with Gasteiger partial charge in [0.2, 0.25) is 0 Å². The molecule has 0 rings (SSSR count). The maximum atomic E-state index is 12.9. The molecule has 0 radical (unpaired) electrons. The molecule has 0 N–H and O–H groups in total. The summed E-state index contributed by atoms with van der Waals surface area (Å²) in [6.07, 6.45) is 83.4. The molecule has 0 aromatic carbocycles. The highest BCUT2D eigenvalue weighted by atomic mass is 16.6. The van der Waals surface area contributed by atoms with Gasteiger partial charge in [-0.25, -0.2) is 0 Å². The Morgan fingerprint density at radius 3 is 0.803 bits per heavy atom. The third kappa shape index (κ3) is 61.7. The van der Waals surface area contributed by atoms with Crippen LogP contribution in [-0.4, -0.2) is 37.2 Å². The molecule has 0 amide bonds. The molecule has 0 spiro atoms. The standard InChI is InChI=1S/C70H124O6/c1-4-7-10-13-16-19-22-25-28-31-33-34-35-36-37-40-42-45-48-51-54-57-60-63-69(72)75-66-67(65-74-68(71)62-59-56-53-50-47-44-41-38-30-27-24-21-18-15-12-9-6-3)76-70(73)64-61-58-55-52-49-46-43-39-32-29-26-23-20-17-14-11-8-5-2/h9,12,18,21-22,25,27,30-31,33,41,44,67H,4-8,10-11,13-17,19-20,23-24,26,28-29,32,34-40,42-43,45-66H2,1-3H3/b12-9-,21-18-,25-22-,30-27-,33-31-,44-41-. The van der Waals surface area contributed by atoms with Gasteiger partial charge in [-0.3, -0.25) is 14.4 Å². The summed E-state index contributed by atoms with van der Waals surface area (Å²) in [6, 6.07) is 0. The van der Waals surface area contributed by atoms with E-state index in [2.05, 4.69) is 93.7 Å². The summed E-state index contributed by atoms with van der Waals surface area (Å²) in [6.45, 7) is 6.54. The first-order valence-corrected chi connectivity index (χ1v) is 32.9. The molecule has 0 aromatic heterocycles. The largest absolute Gasteiger partial charge is 0.462 e. The molecule has 0 aliphatic carbocycles. The molecule has 0 aliphatic heterocycles. The lowest BCUT2D eigenvalue weighted by atomic mass is 10.0. The molecule has 6 nitrogen and oxygen atoms in total. The van der Waals surface area contributed by atoms with Crippen molar-refractivity contribution in [3.63, 3.8) is 0 Å². The smallest absolute Gasteiger partial charge is 0.306 e. The topological polar surface area (TPSA) is 78.9 Å². The van der Waals surface area contributed by atoms with E-state index in [1.54, 1.807) is 0 Å². The van der Waals surface area contributed by atoms with Crippen molar-refractivity contribution in [2.45, 2.75) is 341 Å². The van der Waals surface area contributed by atoms with Crippen LogP contribution in [0.4, 0.5) is 0 Å². The minimum atomic E-state index is -0.786. The zero-order valence-electron chi connectivity index (χ0n) is 50.5. The van der Waals surface area contributed by atoms with Gasteiger partial charge in [-0.1, -0.05) is 299 Å². The van der Waals surface area contributed by atoms with E-state index in [4.69, 9.17) is 14.2 Å². The van der Waals surface area contributed by atoms with Crippen LogP contribution < -0.4 is 0 Å². The average molecular weight is 1060 g/mol. The second kappa shape index (κ2) is 64.4. The summed E-state index contributed by atoms with van der Waals surface area (Å²) < 4.78 is 16.9. The molecule has 76 heavy (non-hydrogen) atoms. The number of rotatable bonds is 60. The zero-order valence-corrected chi connectivity index (χ0v) is 50.5. The first-order chi connectivity index (χ1) is 37.5. The molecule has 6 heteroatoms. The molecule has 0 aromatic rings. The van der Waals surface area contributed by atoms with Gasteiger partial charge in [0.1, 0.15) is 13.2 Å². The molecule has 0 saturated carbocycles. The average Bonchev–Trinajstić information content (AvgIpc) is 3.42. The van der Waals surface area contributed by atoms with Crippen LogP contribution in [0.5, 0.6) is 0 Å². The first kappa shape index (κ1) is 72.8. The number of allylic oxidation sites excluding steroid dienone is 12. The summed E-state index contributed by atoms with van der Waals surface area (Å²) in [4.78, 5) is 38.4. The molecule has 1 unspecified atom stereocenters. The molecule has 0 fully saturated rings. The van der Waals surface area contributed by atoms with Crippen molar-refractivity contribution in [2.75, 3.05) is 13.2 Å². The quantitative estimate of drug-likeness (QED) is 0.0261. The van der Waals surface area contributed by atoms with Crippen LogP contribution in [0, 0.1) is 0 Å². The predicted octanol–water partition coefficient (Wildman–Crippen LogP) is 22.5. The Labute approximate surface area is 472 Å². The van der Waals surface area contributed by atoms with Crippen molar-refractivity contribution in [1.29, 1.82) is 0 Å². The van der Waals surface area contributed by atoms with Crippen LogP contribution in [0.25, 0.3) is 0 Å². The van der Waals surface area contributed by atoms with Crippen molar-refractivity contribution >= 4 is 17.9 Å². The Balaban J connectivity index is 4.36. The number of carbonyl (C=O) groups is 3. The second-order valence-corrected chi connectivity index (χ2v) is 22.0. The lowest BCUT2D eigenvalue weighted by Gasteiger charge is -2.18. The summed E-state index contributed by atoms with van der Waals surface area (Å²) in [5.74, 6) is -0.889. The number of ether oxygens (including phenoxy) is 3. The van der Waals surface area contributed by atoms with E-state index in [9.17, 15) is 14.4 Å². The molecule has 440 valence electrons. The summed E-state index contributed by atoms with van der Waals surface area (Å²) >= 11 is 0. The van der Waals surface area contributed by atoms with Crippen LogP contribution in [0.1, 0.15) is 335 Å². The van der Waals surface area contributed by atoms with E-state index < -0.39 is 6.10 Å². The zero-order chi connectivity index (χ0) is 55.0. The van der Waals surface area contributed by atoms with E-state index in [1.165, 1.54) is 193 Å². The van der Waals surface area contributed by atoms with Gasteiger partial charge >= 0.3 is 17.9 Å². The Kier molecular flexibility index (Phi) is 61.7. The van der Waals surface area contributed by atoms with Crippen molar-refractivity contribution in [3.05, 3.63) is 72.9 Å². The number of esters is 3. The molecular weight excluding hydrogens is 937 g/mol. The number of carbonyl (C=O) groups excluding carboxylic acids is 3. The van der Waals surface area contributed by atoms with Crippen LogP contribution in [0.2, 0.25) is 0 Å². The Morgan fingerprint density at radius 1 is 0.276 bits per heavy atom. The molecule has 0 aliphatic rings. The van der Waals surface area contributed by atoms with Gasteiger partial charge in [0, 0.05) is 19.3 Å². The number of hydrogen-bond acceptors (Lipinski definition) is 6.